The Labute approximate surface area is 170 Å². The Bertz CT molecular complexity index is 1260. The molecule has 0 unspecified atom stereocenters. The molecule has 4 rings (SSSR count). The van der Waals surface area contributed by atoms with E-state index < -0.39 is 0 Å². The van der Waals surface area contributed by atoms with Crippen molar-refractivity contribution in [3.05, 3.63) is 62.9 Å². The number of aromatic nitrogens is 3. The van der Waals surface area contributed by atoms with Crippen LogP contribution in [0.4, 0.5) is 0 Å². The minimum atomic E-state index is -0.223. The molecule has 0 bridgehead atoms. The summed E-state index contributed by atoms with van der Waals surface area (Å²) >= 11 is 1.28. The zero-order chi connectivity index (χ0) is 20.4. The smallest absolute Gasteiger partial charge is 0.291 e. The number of methoxy groups -OCH3 is 2. The standard InChI is InChI=1S/C21H19N3O4S/c1-4-28-15-7-5-13(6-8-15)19-22-21-24(23-19)20(25)18(29-21)12-14-11-16(26-2)9-10-17(14)27-3/h5-12H,4H2,1-3H3/b18-12-. The fourth-order valence-corrected chi connectivity index (χ4v) is 3.82. The number of benzene rings is 2. The molecule has 0 spiro atoms. The normalized spacial score (nSPS) is 11.8. The zero-order valence-corrected chi connectivity index (χ0v) is 17.0. The molecule has 0 fully saturated rings. The first-order valence-corrected chi connectivity index (χ1v) is 9.81. The van der Waals surface area contributed by atoms with Crippen LogP contribution in [0.5, 0.6) is 17.2 Å². The summed E-state index contributed by atoms with van der Waals surface area (Å²) in [5.74, 6) is 2.62. The lowest BCUT2D eigenvalue weighted by Crippen LogP contribution is -2.23. The maximum atomic E-state index is 12.8. The van der Waals surface area contributed by atoms with E-state index in [1.165, 1.54) is 15.9 Å². The van der Waals surface area contributed by atoms with Crippen molar-refractivity contribution < 1.29 is 14.2 Å². The molecule has 0 atom stereocenters. The van der Waals surface area contributed by atoms with Gasteiger partial charge in [0.05, 0.1) is 25.4 Å². The zero-order valence-electron chi connectivity index (χ0n) is 16.2. The molecule has 0 aliphatic carbocycles. The van der Waals surface area contributed by atoms with Crippen molar-refractivity contribution in [3.63, 3.8) is 0 Å². The van der Waals surface area contributed by atoms with Gasteiger partial charge in [-0.1, -0.05) is 11.3 Å². The van der Waals surface area contributed by atoms with Crippen molar-refractivity contribution in [2.75, 3.05) is 20.8 Å². The van der Waals surface area contributed by atoms with Gasteiger partial charge in [-0.3, -0.25) is 4.79 Å². The maximum absolute atomic E-state index is 12.8. The maximum Gasteiger partial charge on any atom is 0.291 e. The van der Waals surface area contributed by atoms with E-state index in [4.69, 9.17) is 14.2 Å². The van der Waals surface area contributed by atoms with E-state index in [-0.39, 0.29) is 5.56 Å². The summed E-state index contributed by atoms with van der Waals surface area (Å²) in [6.45, 7) is 2.54. The number of ether oxygens (including phenoxy) is 3. The first-order chi connectivity index (χ1) is 14.1. The highest BCUT2D eigenvalue weighted by molar-refractivity contribution is 7.15. The van der Waals surface area contributed by atoms with Crippen molar-refractivity contribution in [3.8, 4) is 28.6 Å². The lowest BCUT2D eigenvalue weighted by molar-refractivity contribution is 0.340. The van der Waals surface area contributed by atoms with Gasteiger partial charge in [0.1, 0.15) is 17.2 Å². The monoisotopic (exact) mass is 409 g/mol. The van der Waals surface area contributed by atoms with Crippen LogP contribution in [0, 0.1) is 0 Å². The Balaban J connectivity index is 1.74. The van der Waals surface area contributed by atoms with Crippen LogP contribution in [0.25, 0.3) is 22.4 Å². The van der Waals surface area contributed by atoms with Gasteiger partial charge in [0.25, 0.3) is 5.56 Å². The van der Waals surface area contributed by atoms with Gasteiger partial charge in [0, 0.05) is 11.1 Å². The Morgan fingerprint density at radius 3 is 2.48 bits per heavy atom. The molecule has 0 saturated heterocycles. The van der Waals surface area contributed by atoms with Gasteiger partial charge in [0.2, 0.25) is 4.96 Å². The van der Waals surface area contributed by atoms with Gasteiger partial charge < -0.3 is 14.2 Å². The number of rotatable bonds is 6. The van der Waals surface area contributed by atoms with Crippen LogP contribution in [0.1, 0.15) is 12.5 Å². The van der Waals surface area contributed by atoms with Crippen molar-refractivity contribution in [2.24, 2.45) is 0 Å². The average molecular weight is 409 g/mol. The average Bonchev–Trinajstić information content (AvgIpc) is 3.28. The molecule has 0 radical (unpaired) electrons. The molecule has 0 aliphatic heterocycles. The summed E-state index contributed by atoms with van der Waals surface area (Å²) < 4.78 is 17.9. The highest BCUT2D eigenvalue weighted by Crippen LogP contribution is 2.25. The van der Waals surface area contributed by atoms with Crippen molar-refractivity contribution in [1.82, 2.24) is 14.6 Å². The van der Waals surface area contributed by atoms with Crippen LogP contribution >= 0.6 is 11.3 Å². The van der Waals surface area contributed by atoms with E-state index >= 15 is 0 Å². The van der Waals surface area contributed by atoms with E-state index in [1.54, 1.807) is 32.4 Å². The molecule has 29 heavy (non-hydrogen) atoms. The van der Waals surface area contributed by atoms with Crippen molar-refractivity contribution >= 4 is 22.4 Å². The summed E-state index contributed by atoms with van der Waals surface area (Å²) in [4.78, 5) is 17.9. The molecule has 0 aliphatic rings. The summed E-state index contributed by atoms with van der Waals surface area (Å²) in [5.41, 5.74) is 1.35. The van der Waals surface area contributed by atoms with E-state index in [9.17, 15) is 4.79 Å². The van der Waals surface area contributed by atoms with Crippen LogP contribution in [0.15, 0.2) is 47.3 Å². The molecule has 0 saturated carbocycles. The molecule has 2 heterocycles. The van der Waals surface area contributed by atoms with E-state index in [0.717, 1.165) is 16.9 Å². The highest BCUT2D eigenvalue weighted by atomic mass is 32.1. The van der Waals surface area contributed by atoms with Gasteiger partial charge in [-0.2, -0.15) is 9.50 Å². The Morgan fingerprint density at radius 1 is 1.07 bits per heavy atom. The van der Waals surface area contributed by atoms with Gasteiger partial charge in [-0.25, -0.2) is 0 Å². The fraction of sp³-hybridized carbons (Fsp3) is 0.190. The van der Waals surface area contributed by atoms with Crippen LogP contribution in [0.2, 0.25) is 0 Å². The first-order valence-electron chi connectivity index (χ1n) is 8.99. The Kier molecular flexibility index (Phi) is 5.18. The second-order valence-electron chi connectivity index (χ2n) is 6.11. The third-order valence-corrected chi connectivity index (χ3v) is 5.29. The summed E-state index contributed by atoms with van der Waals surface area (Å²) in [7, 11) is 3.18. The molecular weight excluding hydrogens is 390 g/mol. The number of thiazole rings is 1. The van der Waals surface area contributed by atoms with Crippen LogP contribution in [-0.4, -0.2) is 35.4 Å². The van der Waals surface area contributed by atoms with Gasteiger partial charge in [-0.15, -0.1) is 5.10 Å². The Hall–Kier alpha value is -3.39. The minimum absolute atomic E-state index is 0.223. The highest BCUT2D eigenvalue weighted by Gasteiger charge is 2.13. The minimum Gasteiger partial charge on any atom is -0.497 e. The molecule has 8 heteroatoms. The topological polar surface area (TPSA) is 75.0 Å². The summed E-state index contributed by atoms with van der Waals surface area (Å²) in [6, 6.07) is 12.9. The van der Waals surface area contributed by atoms with Crippen LogP contribution in [-0.2, 0) is 0 Å². The third-order valence-electron chi connectivity index (χ3n) is 4.33. The van der Waals surface area contributed by atoms with Crippen LogP contribution < -0.4 is 24.3 Å². The quantitative estimate of drug-likeness (QED) is 0.488. The fourth-order valence-electron chi connectivity index (χ4n) is 2.92. The predicted octanol–water partition coefficient (Wildman–Crippen LogP) is 2.78. The van der Waals surface area contributed by atoms with Crippen molar-refractivity contribution in [2.45, 2.75) is 6.92 Å². The number of fused-ring (bicyclic) bond motifs is 1. The molecule has 4 aromatic rings. The molecule has 0 amide bonds. The summed E-state index contributed by atoms with van der Waals surface area (Å²) in [6.07, 6.45) is 1.77. The van der Waals surface area contributed by atoms with Crippen LogP contribution in [0.3, 0.4) is 0 Å². The number of nitrogens with zero attached hydrogens (tertiary/aromatic N) is 3. The van der Waals surface area contributed by atoms with Crippen molar-refractivity contribution in [1.29, 1.82) is 0 Å². The molecule has 0 N–H and O–H groups in total. The van der Waals surface area contributed by atoms with E-state index in [1.807, 2.05) is 37.3 Å². The van der Waals surface area contributed by atoms with Gasteiger partial charge >= 0.3 is 0 Å². The molecule has 7 nitrogen and oxygen atoms in total. The van der Waals surface area contributed by atoms with Gasteiger partial charge in [0.15, 0.2) is 5.82 Å². The molecule has 2 aromatic carbocycles. The Morgan fingerprint density at radius 2 is 1.83 bits per heavy atom. The number of hydrogen-bond acceptors (Lipinski definition) is 7. The largest absolute Gasteiger partial charge is 0.497 e. The van der Waals surface area contributed by atoms with E-state index in [2.05, 4.69) is 10.1 Å². The molecular formula is C21H19N3O4S. The second-order valence-corrected chi connectivity index (χ2v) is 7.12. The summed E-state index contributed by atoms with van der Waals surface area (Å²) in [5, 5.41) is 4.38. The lowest BCUT2D eigenvalue weighted by Gasteiger charge is -2.06. The second kappa shape index (κ2) is 7.92. The van der Waals surface area contributed by atoms with E-state index in [0.29, 0.717) is 33.4 Å². The first kappa shape index (κ1) is 18.9. The third kappa shape index (κ3) is 3.66. The number of hydrogen-bond donors (Lipinski definition) is 0. The molecule has 148 valence electrons. The predicted molar refractivity (Wildman–Crippen MR) is 112 cm³/mol. The lowest BCUT2D eigenvalue weighted by atomic mass is 10.2. The SMILES string of the molecule is CCOc1ccc(-c2nc3s/c(=C\c4cc(OC)ccc4OC)c(=O)n3n2)cc1. The molecule has 2 aromatic heterocycles. The van der Waals surface area contributed by atoms with Gasteiger partial charge in [-0.05, 0) is 55.5 Å².